The molecule has 1 heterocycles. The number of aromatic nitrogens is 1. The summed E-state index contributed by atoms with van der Waals surface area (Å²) in [6.07, 6.45) is -0.669. The zero-order chi connectivity index (χ0) is 13.3. The van der Waals surface area contributed by atoms with Crippen molar-refractivity contribution in [2.75, 3.05) is 0 Å². The van der Waals surface area contributed by atoms with Crippen LogP contribution in [0.4, 0.5) is 0 Å². The lowest BCUT2D eigenvalue weighted by Gasteiger charge is -2.12. The van der Waals surface area contributed by atoms with Crippen LogP contribution in [0.5, 0.6) is 0 Å². The fraction of sp³-hybridized carbons (Fsp3) is 0.400. The molecular formula is C15H19NO2. The maximum absolute atomic E-state index is 10.4. The molecule has 1 aromatic carbocycles. The summed E-state index contributed by atoms with van der Waals surface area (Å²) in [5.41, 5.74) is 3.65. The molecule has 0 aliphatic carbocycles. The van der Waals surface area contributed by atoms with Crippen molar-refractivity contribution in [3.05, 3.63) is 52.4 Å². The van der Waals surface area contributed by atoms with Gasteiger partial charge in [-0.1, -0.05) is 43.3 Å². The van der Waals surface area contributed by atoms with Gasteiger partial charge in [0, 0.05) is 0 Å². The molecule has 0 saturated carbocycles. The molecule has 0 aliphatic rings. The summed E-state index contributed by atoms with van der Waals surface area (Å²) in [4.78, 5) is 0. The van der Waals surface area contributed by atoms with Gasteiger partial charge in [0.25, 0.3) is 0 Å². The highest BCUT2D eigenvalue weighted by Gasteiger charge is 2.19. The Kier molecular flexibility index (Phi) is 3.53. The second kappa shape index (κ2) is 4.94. The van der Waals surface area contributed by atoms with Gasteiger partial charge in [-0.25, -0.2) is 0 Å². The van der Waals surface area contributed by atoms with Crippen LogP contribution in [0.25, 0.3) is 0 Å². The summed E-state index contributed by atoms with van der Waals surface area (Å²) in [5, 5.41) is 14.2. The van der Waals surface area contributed by atoms with Crippen LogP contribution in [0.3, 0.4) is 0 Å². The molecule has 0 radical (unpaired) electrons. The first-order valence-corrected chi connectivity index (χ1v) is 6.21. The molecule has 0 spiro atoms. The van der Waals surface area contributed by atoms with Crippen LogP contribution >= 0.6 is 0 Å². The second-order valence-corrected chi connectivity index (χ2v) is 4.96. The maximum Gasteiger partial charge on any atom is 0.140 e. The monoisotopic (exact) mass is 245 g/mol. The molecule has 1 atom stereocenters. The first kappa shape index (κ1) is 12.8. The summed E-state index contributed by atoms with van der Waals surface area (Å²) < 4.78 is 5.09. The predicted molar refractivity (Wildman–Crippen MR) is 70.6 cm³/mol. The van der Waals surface area contributed by atoms with Crippen molar-refractivity contribution in [3.8, 4) is 0 Å². The Morgan fingerprint density at radius 3 is 2.06 bits per heavy atom. The average molecular weight is 245 g/mol. The van der Waals surface area contributed by atoms with E-state index in [0.29, 0.717) is 11.7 Å². The van der Waals surface area contributed by atoms with Crippen molar-refractivity contribution < 1.29 is 9.63 Å². The van der Waals surface area contributed by atoms with E-state index >= 15 is 0 Å². The predicted octanol–water partition coefficient (Wildman–Crippen LogP) is 3.50. The number of rotatable bonds is 3. The first-order chi connectivity index (χ1) is 8.50. The number of aliphatic hydroxyl groups is 1. The molecule has 3 heteroatoms. The van der Waals surface area contributed by atoms with E-state index < -0.39 is 6.10 Å². The van der Waals surface area contributed by atoms with E-state index in [1.165, 1.54) is 5.56 Å². The highest BCUT2D eigenvalue weighted by molar-refractivity contribution is 5.35. The Balaban J connectivity index is 2.32. The van der Waals surface area contributed by atoms with Gasteiger partial charge in [0.05, 0.1) is 11.3 Å². The van der Waals surface area contributed by atoms with Crippen molar-refractivity contribution in [1.29, 1.82) is 0 Å². The summed E-state index contributed by atoms with van der Waals surface area (Å²) in [7, 11) is 0. The second-order valence-electron chi connectivity index (χ2n) is 4.96. The number of nitrogens with zero attached hydrogens (tertiary/aromatic N) is 1. The Morgan fingerprint density at radius 1 is 1.06 bits per heavy atom. The Labute approximate surface area is 107 Å². The molecule has 2 rings (SSSR count). The molecule has 3 nitrogen and oxygen atoms in total. The zero-order valence-corrected chi connectivity index (χ0v) is 11.3. The quantitative estimate of drug-likeness (QED) is 0.900. The standard InChI is InChI=1S/C15H19NO2/c1-9(2)12-5-7-13(8-6-12)15(17)14-10(3)16-18-11(14)4/h5-9,15,17H,1-4H3/t15-/m1/s1. The van der Waals surface area contributed by atoms with Crippen LogP contribution in [0.15, 0.2) is 28.8 Å². The Morgan fingerprint density at radius 2 is 1.61 bits per heavy atom. The van der Waals surface area contributed by atoms with Gasteiger partial charge in [-0.2, -0.15) is 0 Å². The fourth-order valence-electron chi connectivity index (χ4n) is 2.11. The molecule has 18 heavy (non-hydrogen) atoms. The molecule has 1 N–H and O–H groups in total. The third-order valence-electron chi connectivity index (χ3n) is 3.28. The minimum absolute atomic E-state index is 0.496. The third-order valence-corrected chi connectivity index (χ3v) is 3.28. The molecule has 0 amide bonds. The lowest BCUT2D eigenvalue weighted by atomic mass is 9.96. The van der Waals surface area contributed by atoms with E-state index in [1.807, 2.05) is 26.0 Å². The minimum Gasteiger partial charge on any atom is -0.383 e. The number of hydrogen-bond acceptors (Lipinski definition) is 3. The minimum atomic E-state index is -0.669. The van der Waals surface area contributed by atoms with Crippen molar-refractivity contribution in [3.63, 3.8) is 0 Å². The number of aryl methyl sites for hydroxylation is 2. The number of aliphatic hydroxyl groups excluding tert-OH is 1. The molecular weight excluding hydrogens is 226 g/mol. The van der Waals surface area contributed by atoms with Crippen molar-refractivity contribution in [2.45, 2.75) is 39.7 Å². The van der Waals surface area contributed by atoms with Crippen LogP contribution in [-0.2, 0) is 0 Å². The van der Waals surface area contributed by atoms with Crippen LogP contribution < -0.4 is 0 Å². The largest absolute Gasteiger partial charge is 0.383 e. The smallest absolute Gasteiger partial charge is 0.140 e. The highest BCUT2D eigenvalue weighted by Crippen LogP contribution is 2.28. The lowest BCUT2D eigenvalue weighted by Crippen LogP contribution is -2.02. The summed E-state index contributed by atoms with van der Waals surface area (Å²) >= 11 is 0. The van der Waals surface area contributed by atoms with Crippen LogP contribution in [-0.4, -0.2) is 10.3 Å². The van der Waals surface area contributed by atoms with Crippen molar-refractivity contribution in [2.24, 2.45) is 0 Å². The summed E-state index contributed by atoms with van der Waals surface area (Å²) in [6, 6.07) is 8.04. The van der Waals surface area contributed by atoms with Gasteiger partial charge in [0.2, 0.25) is 0 Å². The van der Waals surface area contributed by atoms with E-state index in [9.17, 15) is 5.11 Å². The maximum atomic E-state index is 10.4. The summed E-state index contributed by atoms with van der Waals surface area (Å²) in [5.74, 6) is 1.17. The van der Waals surface area contributed by atoms with Gasteiger partial charge < -0.3 is 9.63 Å². The van der Waals surface area contributed by atoms with Gasteiger partial charge in [-0.05, 0) is 30.9 Å². The molecule has 96 valence electrons. The summed E-state index contributed by atoms with van der Waals surface area (Å²) in [6.45, 7) is 7.97. The van der Waals surface area contributed by atoms with E-state index in [1.54, 1.807) is 0 Å². The zero-order valence-electron chi connectivity index (χ0n) is 11.3. The fourth-order valence-corrected chi connectivity index (χ4v) is 2.11. The molecule has 0 unspecified atom stereocenters. The van der Waals surface area contributed by atoms with Gasteiger partial charge in [0.1, 0.15) is 11.9 Å². The molecule has 0 bridgehead atoms. The average Bonchev–Trinajstić information content (AvgIpc) is 2.68. The topological polar surface area (TPSA) is 46.3 Å². The Hall–Kier alpha value is -1.61. The van der Waals surface area contributed by atoms with Crippen molar-refractivity contribution >= 4 is 0 Å². The van der Waals surface area contributed by atoms with E-state index in [-0.39, 0.29) is 0 Å². The first-order valence-electron chi connectivity index (χ1n) is 6.21. The van der Waals surface area contributed by atoms with Crippen LogP contribution in [0.2, 0.25) is 0 Å². The van der Waals surface area contributed by atoms with Crippen LogP contribution in [0, 0.1) is 13.8 Å². The number of hydrogen-bond donors (Lipinski definition) is 1. The highest BCUT2D eigenvalue weighted by atomic mass is 16.5. The molecule has 0 saturated heterocycles. The third kappa shape index (κ3) is 2.31. The normalized spacial score (nSPS) is 13.0. The van der Waals surface area contributed by atoms with Gasteiger partial charge in [-0.15, -0.1) is 0 Å². The number of benzene rings is 1. The van der Waals surface area contributed by atoms with E-state index in [2.05, 4.69) is 31.1 Å². The van der Waals surface area contributed by atoms with E-state index in [0.717, 1.165) is 16.8 Å². The van der Waals surface area contributed by atoms with Gasteiger partial charge in [0.15, 0.2) is 0 Å². The van der Waals surface area contributed by atoms with Crippen LogP contribution in [0.1, 0.15) is 54.0 Å². The van der Waals surface area contributed by atoms with E-state index in [4.69, 9.17) is 4.52 Å². The molecule has 1 aromatic heterocycles. The van der Waals surface area contributed by atoms with Gasteiger partial charge in [-0.3, -0.25) is 0 Å². The SMILES string of the molecule is Cc1noc(C)c1[C@H](O)c1ccc(C(C)C)cc1. The van der Waals surface area contributed by atoms with Gasteiger partial charge >= 0.3 is 0 Å². The molecule has 0 aliphatic heterocycles. The lowest BCUT2D eigenvalue weighted by molar-refractivity contribution is 0.217. The van der Waals surface area contributed by atoms with Crippen molar-refractivity contribution in [1.82, 2.24) is 5.16 Å². The molecule has 2 aromatic rings. The molecule has 0 fully saturated rings. The Bertz CT molecular complexity index is 506.